The predicted octanol–water partition coefficient (Wildman–Crippen LogP) is 3.30. The maximum atomic E-state index is 8.83. The lowest BCUT2D eigenvalue weighted by Crippen LogP contribution is -2.39. The van der Waals surface area contributed by atoms with E-state index in [1.54, 1.807) is 0 Å². The van der Waals surface area contributed by atoms with Crippen molar-refractivity contribution in [2.24, 2.45) is 10.9 Å². The van der Waals surface area contributed by atoms with Crippen molar-refractivity contribution in [3.05, 3.63) is 35.4 Å². The average molecular weight is 289 g/mol. The number of oxime groups is 1. The average Bonchev–Trinajstić information content (AvgIpc) is 3.01. The van der Waals surface area contributed by atoms with Crippen LogP contribution in [0.15, 0.2) is 29.4 Å². The van der Waals surface area contributed by atoms with Crippen LogP contribution in [0.3, 0.4) is 0 Å². The van der Waals surface area contributed by atoms with Crippen molar-refractivity contribution in [3.63, 3.8) is 0 Å². The highest BCUT2D eigenvalue weighted by Crippen LogP contribution is 2.25. The van der Waals surface area contributed by atoms with Crippen LogP contribution in [0.2, 0.25) is 0 Å². The second-order valence-corrected chi connectivity index (χ2v) is 6.33. The fraction of sp³-hybridized carbons (Fsp3) is 0.588. The second-order valence-electron chi connectivity index (χ2n) is 6.33. The maximum absolute atomic E-state index is 8.83. The van der Waals surface area contributed by atoms with E-state index in [1.165, 1.54) is 36.8 Å². The third-order valence-corrected chi connectivity index (χ3v) is 4.37. The summed E-state index contributed by atoms with van der Waals surface area (Å²) in [5.41, 5.74) is 8.37. The van der Waals surface area contributed by atoms with E-state index in [9.17, 15) is 0 Å². The lowest BCUT2D eigenvalue weighted by atomic mass is 10.0. The number of benzene rings is 1. The van der Waals surface area contributed by atoms with Crippen LogP contribution in [0.1, 0.15) is 56.6 Å². The van der Waals surface area contributed by atoms with E-state index in [0.29, 0.717) is 24.3 Å². The third kappa shape index (κ3) is 4.46. The van der Waals surface area contributed by atoms with E-state index in [2.05, 4.69) is 48.2 Å². The van der Waals surface area contributed by atoms with Gasteiger partial charge in [0.25, 0.3) is 0 Å². The lowest BCUT2D eigenvalue weighted by Gasteiger charge is -2.28. The molecular formula is C17H27N3O. The number of nitrogens with zero attached hydrogens (tertiary/aromatic N) is 2. The molecule has 4 heteroatoms. The van der Waals surface area contributed by atoms with E-state index >= 15 is 0 Å². The van der Waals surface area contributed by atoms with E-state index in [0.717, 1.165) is 6.54 Å². The zero-order valence-corrected chi connectivity index (χ0v) is 13.1. The van der Waals surface area contributed by atoms with Gasteiger partial charge < -0.3 is 10.9 Å². The van der Waals surface area contributed by atoms with E-state index < -0.39 is 0 Å². The normalized spacial score (nSPS) is 17.0. The molecule has 0 atom stereocenters. The largest absolute Gasteiger partial charge is 0.409 e. The first-order chi connectivity index (χ1) is 10.1. The van der Waals surface area contributed by atoms with E-state index in [-0.39, 0.29) is 0 Å². The van der Waals surface area contributed by atoms with Crippen molar-refractivity contribution in [1.29, 1.82) is 0 Å². The van der Waals surface area contributed by atoms with Gasteiger partial charge in [0, 0.05) is 12.6 Å². The summed E-state index contributed by atoms with van der Waals surface area (Å²) in [6.07, 6.45) is 4.98. The highest BCUT2D eigenvalue weighted by Gasteiger charge is 2.23. The summed E-state index contributed by atoms with van der Waals surface area (Å²) < 4.78 is 0. The molecule has 0 aromatic heterocycles. The summed E-state index contributed by atoms with van der Waals surface area (Å²) >= 11 is 0. The molecule has 0 unspecified atom stereocenters. The molecule has 4 nitrogen and oxygen atoms in total. The van der Waals surface area contributed by atoms with Gasteiger partial charge in [-0.15, -0.1) is 0 Å². The van der Waals surface area contributed by atoms with E-state index in [4.69, 9.17) is 10.9 Å². The lowest BCUT2D eigenvalue weighted by molar-refractivity contribution is 0.214. The number of amidine groups is 1. The van der Waals surface area contributed by atoms with Crippen molar-refractivity contribution >= 4 is 5.84 Å². The molecule has 1 aliphatic rings. The predicted molar refractivity (Wildman–Crippen MR) is 86.6 cm³/mol. The van der Waals surface area contributed by atoms with Crippen LogP contribution in [0, 0.1) is 0 Å². The summed E-state index contributed by atoms with van der Waals surface area (Å²) in [6.45, 7) is 5.81. The summed E-state index contributed by atoms with van der Waals surface area (Å²) in [5, 5.41) is 12.0. The summed E-state index contributed by atoms with van der Waals surface area (Å²) in [7, 11) is 0. The van der Waals surface area contributed by atoms with Crippen molar-refractivity contribution in [2.75, 3.05) is 6.54 Å². The standard InChI is InChI=1S/C17H27N3O/c1-13(2)15-9-7-14(8-10-15)11-20(12-17(18)19-21)16-5-3-4-6-16/h7-10,13,16,21H,3-6,11-12H2,1-2H3,(H2,18,19). The molecule has 0 aliphatic heterocycles. The highest BCUT2D eigenvalue weighted by molar-refractivity contribution is 5.81. The molecule has 21 heavy (non-hydrogen) atoms. The Morgan fingerprint density at radius 3 is 2.43 bits per heavy atom. The van der Waals surface area contributed by atoms with Crippen molar-refractivity contribution in [2.45, 2.75) is 58.0 Å². The number of hydrogen-bond donors (Lipinski definition) is 2. The first-order valence-corrected chi connectivity index (χ1v) is 7.89. The van der Waals surface area contributed by atoms with Gasteiger partial charge in [-0.25, -0.2) is 0 Å². The van der Waals surface area contributed by atoms with Crippen LogP contribution < -0.4 is 5.73 Å². The third-order valence-electron chi connectivity index (χ3n) is 4.37. The minimum atomic E-state index is 0.292. The topological polar surface area (TPSA) is 61.8 Å². The first-order valence-electron chi connectivity index (χ1n) is 7.89. The van der Waals surface area contributed by atoms with Crippen molar-refractivity contribution in [3.8, 4) is 0 Å². The summed E-state index contributed by atoms with van der Waals surface area (Å²) in [5.74, 6) is 0.850. The van der Waals surface area contributed by atoms with E-state index in [1.807, 2.05) is 0 Å². The molecule has 0 spiro atoms. The Bertz CT molecular complexity index is 461. The maximum Gasteiger partial charge on any atom is 0.153 e. The van der Waals surface area contributed by atoms with Crippen LogP contribution in [0.5, 0.6) is 0 Å². The Morgan fingerprint density at radius 2 is 1.90 bits per heavy atom. The molecule has 1 fully saturated rings. The molecule has 0 bridgehead atoms. The second kappa shape index (κ2) is 7.46. The molecule has 0 radical (unpaired) electrons. The molecule has 0 amide bonds. The van der Waals surface area contributed by atoms with Gasteiger partial charge in [0.15, 0.2) is 5.84 Å². The molecule has 116 valence electrons. The Balaban J connectivity index is 2.06. The van der Waals surface area contributed by atoms with Crippen LogP contribution in [-0.4, -0.2) is 28.5 Å². The Morgan fingerprint density at radius 1 is 1.29 bits per heavy atom. The zero-order chi connectivity index (χ0) is 15.2. The van der Waals surface area contributed by atoms with Crippen LogP contribution >= 0.6 is 0 Å². The van der Waals surface area contributed by atoms with Gasteiger partial charge >= 0.3 is 0 Å². The monoisotopic (exact) mass is 289 g/mol. The van der Waals surface area contributed by atoms with Gasteiger partial charge in [-0.1, -0.05) is 56.1 Å². The Kier molecular flexibility index (Phi) is 5.62. The van der Waals surface area contributed by atoms with Crippen molar-refractivity contribution < 1.29 is 5.21 Å². The summed E-state index contributed by atoms with van der Waals surface area (Å²) in [6, 6.07) is 9.36. The van der Waals surface area contributed by atoms with Gasteiger partial charge in [-0.2, -0.15) is 0 Å². The number of hydrogen-bond acceptors (Lipinski definition) is 3. The number of rotatable bonds is 6. The van der Waals surface area contributed by atoms with Gasteiger partial charge in [-0.3, -0.25) is 4.90 Å². The molecule has 1 aromatic rings. The summed E-state index contributed by atoms with van der Waals surface area (Å²) in [4.78, 5) is 2.34. The molecule has 0 heterocycles. The molecular weight excluding hydrogens is 262 g/mol. The Hall–Kier alpha value is -1.55. The zero-order valence-electron chi connectivity index (χ0n) is 13.1. The Labute approximate surface area is 127 Å². The first kappa shape index (κ1) is 15.8. The number of nitrogens with two attached hydrogens (primary N) is 1. The van der Waals surface area contributed by atoms with Crippen molar-refractivity contribution in [1.82, 2.24) is 4.90 Å². The highest BCUT2D eigenvalue weighted by atomic mass is 16.4. The van der Waals surface area contributed by atoms with Gasteiger partial charge in [0.05, 0.1) is 6.54 Å². The fourth-order valence-electron chi connectivity index (χ4n) is 3.07. The fourth-order valence-corrected chi connectivity index (χ4v) is 3.07. The molecule has 2 rings (SSSR count). The minimum absolute atomic E-state index is 0.292. The van der Waals surface area contributed by atoms with Crippen LogP contribution in [-0.2, 0) is 6.54 Å². The molecule has 3 N–H and O–H groups in total. The van der Waals surface area contributed by atoms with Crippen LogP contribution in [0.4, 0.5) is 0 Å². The van der Waals surface area contributed by atoms with Crippen LogP contribution in [0.25, 0.3) is 0 Å². The van der Waals surface area contributed by atoms with Gasteiger partial charge in [-0.05, 0) is 29.9 Å². The smallest absolute Gasteiger partial charge is 0.153 e. The SMILES string of the molecule is CC(C)c1ccc(CN(CC(N)=NO)C2CCCC2)cc1. The molecule has 1 aromatic carbocycles. The molecule has 1 saturated carbocycles. The minimum Gasteiger partial charge on any atom is -0.409 e. The van der Waals surface area contributed by atoms with Gasteiger partial charge in [0.1, 0.15) is 0 Å². The van der Waals surface area contributed by atoms with Gasteiger partial charge in [0.2, 0.25) is 0 Å². The molecule has 0 saturated heterocycles. The molecule has 1 aliphatic carbocycles. The quantitative estimate of drug-likeness (QED) is 0.365.